The molecule has 202 valence electrons. The van der Waals surface area contributed by atoms with Crippen molar-refractivity contribution in [2.45, 2.75) is 43.4 Å². The molecule has 2 aromatic rings. The van der Waals surface area contributed by atoms with Crippen molar-refractivity contribution >= 4 is 20.0 Å². The Bertz CT molecular complexity index is 1210. The molecule has 0 atom stereocenters. The van der Waals surface area contributed by atoms with Gasteiger partial charge in [-0.15, -0.1) is 0 Å². The maximum absolute atomic E-state index is 13.6. The molecule has 7 nitrogen and oxygen atoms in total. The fourth-order valence-electron chi connectivity index (χ4n) is 4.43. The molecule has 9 heteroatoms. The maximum Gasteiger partial charge on any atom is 0.243 e. The van der Waals surface area contributed by atoms with E-state index < -0.39 is 20.0 Å². The third-order valence-corrected chi connectivity index (χ3v) is 10.1. The summed E-state index contributed by atoms with van der Waals surface area (Å²) in [6.45, 7) is 16.7. The van der Waals surface area contributed by atoms with E-state index in [4.69, 9.17) is 0 Å². The average Bonchev–Trinajstić information content (AvgIpc) is 2.82. The standard InChI is InChI=1S/C28H39N3O4S2/c1-23(2)20-29-16-6-18-30(36(32,33)27-12-8-24(3)9-13-27)21-26(5)22-31(19-7-17-29)37(34,35)28-14-10-25(4)11-15-28/h8-15H,1,5-7,16-22H2,2-4H3. The first-order valence-corrected chi connectivity index (χ1v) is 15.4. The van der Waals surface area contributed by atoms with E-state index >= 15 is 0 Å². The lowest BCUT2D eigenvalue weighted by Crippen LogP contribution is -2.41. The summed E-state index contributed by atoms with van der Waals surface area (Å²) in [6.07, 6.45) is 1.30. The van der Waals surface area contributed by atoms with E-state index in [9.17, 15) is 16.8 Å². The van der Waals surface area contributed by atoms with Crippen molar-refractivity contribution in [3.8, 4) is 0 Å². The van der Waals surface area contributed by atoms with Gasteiger partial charge in [0, 0.05) is 32.7 Å². The maximum atomic E-state index is 13.6. The van der Waals surface area contributed by atoms with Gasteiger partial charge in [-0.25, -0.2) is 16.8 Å². The first kappa shape index (κ1) is 29.3. The molecule has 0 N–H and O–H groups in total. The molecule has 0 saturated carbocycles. The number of hydrogen-bond donors (Lipinski definition) is 0. The van der Waals surface area contributed by atoms with Crippen LogP contribution < -0.4 is 0 Å². The summed E-state index contributed by atoms with van der Waals surface area (Å²) < 4.78 is 57.2. The fourth-order valence-corrected chi connectivity index (χ4v) is 7.43. The molecule has 0 aliphatic carbocycles. The fraction of sp³-hybridized carbons (Fsp3) is 0.429. The van der Waals surface area contributed by atoms with E-state index in [0.29, 0.717) is 51.1 Å². The Morgan fingerprint density at radius 3 is 1.46 bits per heavy atom. The summed E-state index contributed by atoms with van der Waals surface area (Å²) in [5.41, 5.74) is 3.49. The second-order valence-electron chi connectivity index (χ2n) is 9.99. The van der Waals surface area contributed by atoms with Crippen LogP contribution in [0.1, 0.15) is 30.9 Å². The summed E-state index contributed by atoms with van der Waals surface area (Å²) >= 11 is 0. The Hall–Kier alpha value is -2.30. The Labute approximate surface area is 223 Å². The highest BCUT2D eigenvalue weighted by atomic mass is 32.2. The predicted octanol–water partition coefficient (Wildman–Crippen LogP) is 4.21. The molecule has 1 heterocycles. The Kier molecular flexibility index (Phi) is 9.88. The van der Waals surface area contributed by atoms with E-state index in [1.54, 1.807) is 48.5 Å². The molecule has 37 heavy (non-hydrogen) atoms. The van der Waals surface area contributed by atoms with E-state index in [1.807, 2.05) is 20.8 Å². The first-order chi connectivity index (χ1) is 17.4. The number of rotatable bonds is 6. The quantitative estimate of drug-likeness (QED) is 0.508. The number of benzene rings is 2. The Balaban J connectivity index is 1.93. The van der Waals surface area contributed by atoms with Crippen molar-refractivity contribution in [2.75, 3.05) is 45.8 Å². The molecule has 1 aliphatic heterocycles. The second kappa shape index (κ2) is 12.5. The number of hydrogen-bond acceptors (Lipinski definition) is 5. The highest BCUT2D eigenvalue weighted by molar-refractivity contribution is 7.89. The summed E-state index contributed by atoms with van der Waals surface area (Å²) in [5, 5.41) is 0. The summed E-state index contributed by atoms with van der Waals surface area (Å²) in [7, 11) is -7.56. The Morgan fingerprint density at radius 2 is 1.11 bits per heavy atom. The molecule has 1 fully saturated rings. The van der Waals surface area contributed by atoms with Crippen LogP contribution in [0, 0.1) is 13.8 Å². The van der Waals surface area contributed by atoms with E-state index in [-0.39, 0.29) is 22.9 Å². The van der Waals surface area contributed by atoms with E-state index in [1.165, 1.54) is 8.61 Å². The smallest absolute Gasteiger partial charge is 0.243 e. The zero-order chi connectivity index (χ0) is 27.2. The van der Waals surface area contributed by atoms with Crippen molar-refractivity contribution in [3.05, 3.63) is 84.0 Å². The highest BCUT2D eigenvalue weighted by Crippen LogP contribution is 2.22. The number of sulfonamides is 2. The van der Waals surface area contributed by atoms with Crippen molar-refractivity contribution in [1.82, 2.24) is 13.5 Å². The van der Waals surface area contributed by atoms with Gasteiger partial charge in [0.1, 0.15) is 0 Å². The largest absolute Gasteiger partial charge is 0.299 e. The monoisotopic (exact) mass is 545 g/mol. The van der Waals surface area contributed by atoms with Crippen LogP contribution in [-0.2, 0) is 20.0 Å². The zero-order valence-electron chi connectivity index (χ0n) is 22.2. The topological polar surface area (TPSA) is 78.0 Å². The molecule has 2 aromatic carbocycles. The molecule has 0 amide bonds. The minimum atomic E-state index is -3.78. The minimum Gasteiger partial charge on any atom is -0.299 e. The molecule has 0 radical (unpaired) electrons. The van der Waals surface area contributed by atoms with E-state index in [2.05, 4.69) is 18.1 Å². The van der Waals surface area contributed by atoms with Crippen molar-refractivity contribution in [3.63, 3.8) is 0 Å². The van der Waals surface area contributed by atoms with Gasteiger partial charge in [-0.2, -0.15) is 8.61 Å². The molecule has 0 spiro atoms. The normalized spacial score (nSPS) is 18.2. The van der Waals surface area contributed by atoms with Gasteiger partial charge in [0.25, 0.3) is 0 Å². The van der Waals surface area contributed by atoms with Crippen LogP contribution in [0.25, 0.3) is 0 Å². The number of aryl methyl sites for hydroxylation is 2. The van der Waals surface area contributed by atoms with Gasteiger partial charge in [-0.05, 0) is 76.5 Å². The lowest BCUT2D eigenvalue weighted by Gasteiger charge is -2.30. The van der Waals surface area contributed by atoms with Crippen molar-refractivity contribution < 1.29 is 16.8 Å². The molecule has 1 aliphatic rings. The van der Waals surface area contributed by atoms with Gasteiger partial charge in [0.15, 0.2) is 0 Å². The molecule has 3 rings (SSSR count). The average molecular weight is 546 g/mol. The van der Waals surface area contributed by atoms with Crippen LogP contribution >= 0.6 is 0 Å². The van der Waals surface area contributed by atoms with Gasteiger partial charge in [-0.3, -0.25) is 4.90 Å². The molecule has 0 aromatic heterocycles. The third kappa shape index (κ3) is 7.85. The highest BCUT2D eigenvalue weighted by Gasteiger charge is 2.29. The van der Waals surface area contributed by atoms with Crippen molar-refractivity contribution in [2.24, 2.45) is 0 Å². The minimum absolute atomic E-state index is 0.0522. The van der Waals surface area contributed by atoms with Crippen LogP contribution in [0.4, 0.5) is 0 Å². The summed E-state index contributed by atoms with van der Waals surface area (Å²) in [6, 6.07) is 13.6. The summed E-state index contributed by atoms with van der Waals surface area (Å²) in [5.74, 6) is 0. The molecular weight excluding hydrogens is 506 g/mol. The molecule has 1 saturated heterocycles. The SMILES string of the molecule is C=C(C)CN1CCCN(S(=O)(=O)c2ccc(C)cc2)CC(=C)CN(S(=O)(=O)c2ccc(C)cc2)CCC1. The Morgan fingerprint density at radius 1 is 0.730 bits per heavy atom. The lowest BCUT2D eigenvalue weighted by atomic mass is 10.2. The predicted molar refractivity (Wildman–Crippen MR) is 150 cm³/mol. The van der Waals surface area contributed by atoms with Crippen LogP contribution in [0.5, 0.6) is 0 Å². The van der Waals surface area contributed by atoms with Gasteiger partial charge in [0.05, 0.1) is 9.79 Å². The van der Waals surface area contributed by atoms with E-state index in [0.717, 1.165) is 16.7 Å². The van der Waals surface area contributed by atoms with Gasteiger partial charge >= 0.3 is 0 Å². The third-order valence-electron chi connectivity index (χ3n) is 6.37. The molecule has 0 bridgehead atoms. The van der Waals surface area contributed by atoms with Gasteiger partial charge < -0.3 is 0 Å². The summed E-state index contributed by atoms with van der Waals surface area (Å²) in [4.78, 5) is 2.66. The zero-order valence-corrected chi connectivity index (χ0v) is 23.8. The first-order valence-electron chi connectivity index (χ1n) is 12.6. The lowest BCUT2D eigenvalue weighted by molar-refractivity contribution is 0.261. The van der Waals surface area contributed by atoms with Crippen LogP contribution in [0.3, 0.4) is 0 Å². The van der Waals surface area contributed by atoms with Crippen LogP contribution in [-0.4, -0.2) is 76.2 Å². The molecular formula is C28H39N3O4S2. The molecule has 0 unspecified atom stereocenters. The second-order valence-corrected chi connectivity index (χ2v) is 13.9. The van der Waals surface area contributed by atoms with Crippen molar-refractivity contribution in [1.29, 1.82) is 0 Å². The van der Waals surface area contributed by atoms with Gasteiger partial charge in [0.2, 0.25) is 20.0 Å². The number of nitrogens with zero attached hydrogens (tertiary/aromatic N) is 3. The van der Waals surface area contributed by atoms with Gasteiger partial charge in [-0.1, -0.05) is 54.1 Å². The van der Waals surface area contributed by atoms with Crippen LogP contribution in [0.15, 0.2) is 82.6 Å². The van der Waals surface area contributed by atoms with Crippen LogP contribution in [0.2, 0.25) is 0 Å².